The first-order chi connectivity index (χ1) is 8.37. The minimum absolute atomic E-state index is 0.397. The molecule has 18 heavy (non-hydrogen) atoms. The monoisotopic (exact) mass is 268 g/mol. The highest BCUT2D eigenvalue weighted by Gasteiger charge is 2.27. The Labute approximate surface area is 112 Å². The quantitative estimate of drug-likeness (QED) is 0.786. The predicted molar refractivity (Wildman–Crippen MR) is 71.9 cm³/mol. The lowest BCUT2D eigenvalue weighted by atomic mass is 10.1. The van der Waals surface area contributed by atoms with Gasteiger partial charge >= 0.3 is 6.09 Å². The summed E-state index contributed by atoms with van der Waals surface area (Å²) in [5, 5.41) is 2.13. The fraction of sp³-hybridized carbons (Fsp3) is 0.462. The van der Waals surface area contributed by atoms with Gasteiger partial charge in [0.2, 0.25) is 0 Å². The summed E-state index contributed by atoms with van der Waals surface area (Å²) in [4.78, 5) is 12.1. The van der Waals surface area contributed by atoms with Crippen LogP contribution in [0.3, 0.4) is 0 Å². The van der Waals surface area contributed by atoms with E-state index in [0.29, 0.717) is 11.6 Å². The molecular weight excluding hydrogens is 252 g/mol. The van der Waals surface area contributed by atoms with Crippen LogP contribution in [0.25, 0.3) is 0 Å². The maximum Gasteiger partial charge on any atom is 0.429 e. The number of fused-ring (bicyclic) bond motifs is 1. The molecule has 1 N–H and O–H groups in total. The van der Waals surface area contributed by atoms with Crippen molar-refractivity contribution in [2.75, 3.05) is 11.6 Å². The van der Waals surface area contributed by atoms with Crippen molar-refractivity contribution in [2.45, 2.75) is 32.8 Å². The number of carbonyl (C=O) groups is 1. The van der Waals surface area contributed by atoms with Gasteiger partial charge in [0.05, 0.1) is 5.69 Å². The molecule has 5 heteroatoms. The summed E-state index contributed by atoms with van der Waals surface area (Å²) in [5.41, 5.74) is 4.38. The molecule has 1 aromatic rings. The number of amides is 1. The van der Waals surface area contributed by atoms with Crippen molar-refractivity contribution in [3.8, 4) is 0 Å². The van der Waals surface area contributed by atoms with Gasteiger partial charge in [-0.05, 0) is 51.0 Å². The number of hydrazine groups is 1. The summed E-state index contributed by atoms with van der Waals surface area (Å²) < 4.78 is 5.36. The summed E-state index contributed by atoms with van der Waals surface area (Å²) in [5.74, 6) is 0. The lowest BCUT2D eigenvalue weighted by molar-refractivity contribution is 0.0559. The van der Waals surface area contributed by atoms with Crippen LogP contribution in [0.1, 0.15) is 26.3 Å². The summed E-state index contributed by atoms with van der Waals surface area (Å²) in [6.45, 7) is 6.22. The lowest BCUT2D eigenvalue weighted by Gasteiger charge is -2.32. The summed E-state index contributed by atoms with van der Waals surface area (Å²) >= 11 is 5.96. The second kappa shape index (κ2) is 4.78. The molecule has 0 fully saturated rings. The van der Waals surface area contributed by atoms with Gasteiger partial charge in [0.1, 0.15) is 5.60 Å². The Morgan fingerprint density at radius 1 is 1.44 bits per heavy atom. The van der Waals surface area contributed by atoms with E-state index in [1.165, 1.54) is 5.01 Å². The minimum atomic E-state index is -0.511. The largest absolute Gasteiger partial charge is 0.442 e. The van der Waals surface area contributed by atoms with Crippen LogP contribution in [-0.2, 0) is 11.2 Å². The van der Waals surface area contributed by atoms with E-state index in [4.69, 9.17) is 16.3 Å². The Hall–Kier alpha value is -1.26. The number of hydrogen-bond donors (Lipinski definition) is 1. The minimum Gasteiger partial charge on any atom is -0.442 e. The molecule has 0 radical (unpaired) electrons. The van der Waals surface area contributed by atoms with E-state index in [2.05, 4.69) is 5.43 Å². The second-order valence-electron chi connectivity index (χ2n) is 5.25. The molecular formula is C13H17ClN2O2. The fourth-order valence-corrected chi connectivity index (χ4v) is 2.03. The first-order valence-electron chi connectivity index (χ1n) is 5.92. The highest BCUT2D eigenvalue weighted by Crippen LogP contribution is 2.27. The Morgan fingerprint density at radius 3 is 2.83 bits per heavy atom. The summed E-state index contributed by atoms with van der Waals surface area (Å²) in [6, 6.07) is 5.48. The molecule has 1 heterocycles. The topological polar surface area (TPSA) is 41.6 Å². The zero-order valence-corrected chi connectivity index (χ0v) is 11.5. The number of rotatable bonds is 0. The molecule has 0 spiro atoms. The maximum absolute atomic E-state index is 12.1. The van der Waals surface area contributed by atoms with Crippen LogP contribution in [-0.4, -0.2) is 18.2 Å². The zero-order chi connectivity index (χ0) is 13.3. The van der Waals surface area contributed by atoms with Gasteiger partial charge < -0.3 is 4.74 Å². The highest BCUT2D eigenvalue weighted by atomic mass is 35.5. The predicted octanol–water partition coefficient (Wildman–Crippen LogP) is 3.14. The molecule has 0 aromatic heterocycles. The van der Waals surface area contributed by atoms with Crippen molar-refractivity contribution in [1.29, 1.82) is 0 Å². The Bertz CT molecular complexity index is 469. The van der Waals surface area contributed by atoms with Crippen LogP contribution >= 0.6 is 11.6 Å². The van der Waals surface area contributed by atoms with Crippen LogP contribution in [0.2, 0.25) is 5.02 Å². The van der Waals surface area contributed by atoms with Crippen LogP contribution in [0.4, 0.5) is 10.5 Å². The fourth-order valence-electron chi connectivity index (χ4n) is 1.83. The first kappa shape index (κ1) is 13.2. The highest BCUT2D eigenvalue weighted by molar-refractivity contribution is 6.30. The van der Waals surface area contributed by atoms with Gasteiger partial charge in [-0.3, -0.25) is 0 Å². The number of ether oxygens (including phenoxy) is 1. The van der Waals surface area contributed by atoms with E-state index in [-0.39, 0.29) is 0 Å². The molecule has 1 aromatic carbocycles. The molecule has 1 amide bonds. The van der Waals surface area contributed by atoms with E-state index < -0.39 is 11.7 Å². The molecule has 0 saturated heterocycles. The van der Waals surface area contributed by atoms with Gasteiger partial charge in [-0.2, -0.15) is 0 Å². The smallest absolute Gasteiger partial charge is 0.429 e. The Morgan fingerprint density at radius 2 is 2.17 bits per heavy atom. The van der Waals surface area contributed by atoms with Crippen molar-refractivity contribution < 1.29 is 9.53 Å². The number of anilines is 1. The second-order valence-corrected chi connectivity index (χ2v) is 5.68. The van der Waals surface area contributed by atoms with E-state index >= 15 is 0 Å². The van der Waals surface area contributed by atoms with Crippen molar-refractivity contribution in [1.82, 2.24) is 5.43 Å². The van der Waals surface area contributed by atoms with Crippen molar-refractivity contribution in [3.63, 3.8) is 0 Å². The average Bonchev–Trinajstić information content (AvgIpc) is 2.25. The van der Waals surface area contributed by atoms with Gasteiger partial charge in [0, 0.05) is 11.6 Å². The molecule has 0 aliphatic carbocycles. The van der Waals surface area contributed by atoms with Gasteiger partial charge in [0.25, 0.3) is 0 Å². The third kappa shape index (κ3) is 2.94. The number of hydrogen-bond acceptors (Lipinski definition) is 3. The SMILES string of the molecule is CC(C)(C)OC(=O)N1NCCc2cc(Cl)ccc21. The molecule has 1 aliphatic heterocycles. The van der Waals surface area contributed by atoms with Crippen LogP contribution in [0, 0.1) is 0 Å². The maximum atomic E-state index is 12.1. The van der Waals surface area contributed by atoms with Crippen molar-refractivity contribution >= 4 is 23.4 Å². The number of carbonyl (C=O) groups excluding carboxylic acids is 1. The van der Waals surface area contributed by atoms with Gasteiger partial charge in [0.15, 0.2) is 0 Å². The zero-order valence-electron chi connectivity index (χ0n) is 10.8. The molecule has 0 bridgehead atoms. The van der Waals surface area contributed by atoms with E-state index in [9.17, 15) is 4.79 Å². The lowest BCUT2D eigenvalue weighted by Crippen LogP contribution is -2.49. The van der Waals surface area contributed by atoms with E-state index in [1.807, 2.05) is 32.9 Å². The van der Waals surface area contributed by atoms with Gasteiger partial charge in [-0.15, -0.1) is 0 Å². The van der Waals surface area contributed by atoms with E-state index in [1.54, 1.807) is 6.07 Å². The molecule has 0 unspecified atom stereocenters. The normalized spacial score (nSPS) is 15.2. The third-order valence-corrected chi connectivity index (χ3v) is 2.76. The number of nitrogens with one attached hydrogen (secondary N) is 1. The molecule has 4 nitrogen and oxygen atoms in total. The number of halogens is 1. The molecule has 98 valence electrons. The molecule has 1 aliphatic rings. The summed E-state index contributed by atoms with van der Waals surface area (Å²) in [6.07, 6.45) is 0.445. The molecule has 0 saturated carbocycles. The number of nitrogens with zero attached hydrogens (tertiary/aromatic N) is 1. The van der Waals surface area contributed by atoms with E-state index in [0.717, 1.165) is 17.7 Å². The Balaban J connectivity index is 2.25. The third-order valence-electron chi connectivity index (χ3n) is 2.52. The van der Waals surface area contributed by atoms with Crippen LogP contribution in [0.5, 0.6) is 0 Å². The van der Waals surface area contributed by atoms with Crippen molar-refractivity contribution in [2.24, 2.45) is 0 Å². The van der Waals surface area contributed by atoms with Crippen LogP contribution in [0.15, 0.2) is 18.2 Å². The van der Waals surface area contributed by atoms with Crippen molar-refractivity contribution in [3.05, 3.63) is 28.8 Å². The van der Waals surface area contributed by atoms with Crippen LogP contribution < -0.4 is 10.4 Å². The average molecular weight is 269 g/mol. The van der Waals surface area contributed by atoms with Gasteiger partial charge in [-0.1, -0.05) is 11.6 Å². The standard InChI is InChI=1S/C13H17ClN2O2/c1-13(2,3)18-12(17)16-11-5-4-10(14)8-9(11)6-7-15-16/h4-5,8,15H,6-7H2,1-3H3. The van der Waals surface area contributed by atoms with Gasteiger partial charge in [-0.25, -0.2) is 15.2 Å². The first-order valence-corrected chi connectivity index (χ1v) is 6.30. The molecule has 0 atom stereocenters. The summed E-state index contributed by atoms with van der Waals surface area (Å²) in [7, 11) is 0. The number of benzene rings is 1. The Kier molecular flexibility index (Phi) is 3.50. The molecule has 2 rings (SSSR count).